The molecule has 162 valence electrons. The molecule has 0 aliphatic heterocycles. The molecule has 4 aromatic rings. The lowest BCUT2D eigenvalue weighted by atomic mass is 9.93. The predicted molar refractivity (Wildman–Crippen MR) is 128 cm³/mol. The van der Waals surface area contributed by atoms with Gasteiger partial charge in [0, 0.05) is 16.7 Å². The lowest BCUT2D eigenvalue weighted by Crippen LogP contribution is -2.18. The highest BCUT2D eigenvalue weighted by atomic mass is 32.1. The Hall–Kier alpha value is -3.10. The Labute approximate surface area is 192 Å². The molecule has 0 bridgehead atoms. The Morgan fingerprint density at radius 3 is 2.78 bits per heavy atom. The van der Waals surface area contributed by atoms with Crippen LogP contribution in [0.1, 0.15) is 44.9 Å². The zero-order valence-corrected chi connectivity index (χ0v) is 18.9. The maximum absolute atomic E-state index is 13.2. The van der Waals surface area contributed by atoms with Crippen LogP contribution < -0.4 is 10.7 Å². The summed E-state index contributed by atoms with van der Waals surface area (Å²) in [6, 6.07) is 10.9. The molecule has 0 unspecified atom stereocenters. The Morgan fingerprint density at radius 1 is 1.09 bits per heavy atom. The fraction of sp³-hybridized carbons (Fsp3) is 0.250. The number of ketones is 1. The number of rotatable bonds is 6. The number of carbonyl (C=O) groups is 2. The van der Waals surface area contributed by atoms with Crippen LogP contribution in [0.2, 0.25) is 0 Å². The van der Waals surface area contributed by atoms with Crippen LogP contribution >= 0.6 is 22.7 Å². The van der Waals surface area contributed by atoms with Crippen molar-refractivity contribution in [3.8, 4) is 0 Å². The van der Waals surface area contributed by atoms with Gasteiger partial charge in [-0.25, -0.2) is 0 Å². The highest BCUT2D eigenvalue weighted by molar-refractivity contribution is 7.17. The fourth-order valence-electron chi connectivity index (χ4n) is 4.16. The van der Waals surface area contributed by atoms with E-state index in [9.17, 15) is 14.4 Å². The van der Waals surface area contributed by atoms with Crippen molar-refractivity contribution in [3.63, 3.8) is 0 Å². The maximum atomic E-state index is 13.2. The topological polar surface area (TPSA) is 81.1 Å². The van der Waals surface area contributed by atoms with E-state index < -0.39 is 0 Å². The number of nitrogens with one attached hydrogen (secondary N) is 1. The molecule has 1 N–H and O–H groups in total. The molecule has 0 saturated carbocycles. The highest BCUT2D eigenvalue weighted by Gasteiger charge is 2.27. The first-order valence-electron chi connectivity index (χ1n) is 10.6. The minimum Gasteiger partial charge on any atom is -0.317 e. The standard InChI is InChI=1S/C24H21N3O3S2/c28-18-14-25-27(17-8-3-1-6-15(17)18)12-11-21(29)26-24-22(23(30)20-10-5-13-31-20)16-7-2-4-9-19(16)32-24/h1,3,5-6,8,10,13-14H,2,4,7,9,11-12H2,(H,26,29). The molecule has 6 nitrogen and oxygen atoms in total. The largest absolute Gasteiger partial charge is 0.317 e. The summed E-state index contributed by atoms with van der Waals surface area (Å²) in [4.78, 5) is 40.0. The molecule has 3 aromatic heterocycles. The number of hydrogen-bond acceptors (Lipinski definition) is 6. The van der Waals surface area contributed by atoms with Gasteiger partial charge < -0.3 is 5.32 Å². The summed E-state index contributed by atoms with van der Waals surface area (Å²) >= 11 is 2.95. The van der Waals surface area contributed by atoms with Crippen LogP contribution in [0.3, 0.4) is 0 Å². The number of amides is 1. The Balaban J connectivity index is 1.38. The third-order valence-corrected chi connectivity index (χ3v) is 7.78. The van der Waals surface area contributed by atoms with Crippen LogP contribution in [0.5, 0.6) is 0 Å². The van der Waals surface area contributed by atoms with Gasteiger partial charge in [0.25, 0.3) is 0 Å². The number of nitrogens with zero attached hydrogens (tertiary/aromatic N) is 2. The molecule has 0 atom stereocenters. The average molecular weight is 464 g/mol. The van der Waals surface area contributed by atoms with Gasteiger partial charge in [0.1, 0.15) is 5.00 Å². The molecule has 0 fully saturated rings. The number of anilines is 1. The maximum Gasteiger partial charge on any atom is 0.226 e. The summed E-state index contributed by atoms with van der Waals surface area (Å²) < 4.78 is 1.67. The molecule has 0 spiro atoms. The molecule has 0 saturated heterocycles. The Bertz CT molecular complexity index is 1370. The van der Waals surface area contributed by atoms with Crippen molar-refractivity contribution in [2.75, 3.05) is 5.32 Å². The Morgan fingerprint density at radius 2 is 1.94 bits per heavy atom. The van der Waals surface area contributed by atoms with Crippen LogP contribution in [0.15, 0.2) is 52.8 Å². The lowest BCUT2D eigenvalue weighted by molar-refractivity contribution is -0.116. The van der Waals surface area contributed by atoms with Gasteiger partial charge in [0.15, 0.2) is 0 Å². The van der Waals surface area contributed by atoms with Gasteiger partial charge in [-0.05, 0) is 54.8 Å². The number of fused-ring (bicyclic) bond motifs is 2. The summed E-state index contributed by atoms with van der Waals surface area (Å²) in [5.74, 6) is -0.184. The van der Waals surface area contributed by atoms with E-state index in [0.29, 0.717) is 32.9 Å². The molecular formula is C24H21N3O3S2. The van der Waals surface area contributed by atoms with E-state index in [1.807, 2.05) is 35.7 Å². The quantitative estimate of drug-likeness (QED) is 0.422. The number of thiophene rings is 2. The number of para-hydroxylation sites is 1. The Kier molecular flexibility index (Phi) is 5.71. The summed E-state index contributed by atoms with van der Waals surface area (Å²) in [6.45, 7) is 0.339. The van der Waals surface area contributed by atoms with Gasteiger partial charge in [-0.2, -0.15) is 5.10 Å². The first-order valence-corrected chi connectivity index (χ1v) is 12.3. The molecule has 3 heterocycles. The average Bonchev–Trinajstić information content (AvgIpc) is 3.46. The fourth-order valence-corrected chi connectivity index (χ4v) is 6.13. The second-order valence-corrected chi connectivity index (χ2v) is 9.82. The lowest BCUT2D eigenvalue weighted by Gasteiger charge is -2.12. The molecule has 1 aromatic carbocycles. The van der Waals surface area contributed by atoms with Crippen LogP contribution in [0.25, 0.3) is 10.9 Å². The SMILES string of the molecule is O=C(CCn1ncc(=O)c2ccccc21)Nc1sc2c(c1C(=O)c1cccs1)CCCC2. The van der Waals surface area contributed by atoms with E-state index in [-0.39, 0.29) is 23.5 Å². The second kappa shape index (κ2) is 8.80. The molecule has 0 radical (unpaired) electrons. The van der Waals surface area contributed by atoms with Crippen molar-refractivity contribution in [1.82, 2.24) is 9.78 Å². The van der Waals surface area contributed by atoms with Crippen molar-refractivity contribution in [2.24, 2.45) is 0 Å². The summed E-state index contributed by atoms with van der Waals surface area (Å²) in [6.07, 6.45) is 5.47. The molecule has 8 heteroatoms. The van der Waals surface area contributed by atoms with Gasteiger partial charge in [-0.15, -0.1) is 22.7 Å². The van der Waals surface area contributed by atoms with E-state index in [2.05, 4.69) is 10.4 Å². The zero-order valence-electron chi connectivity index (χ0n) is 17.3. The van der Waals surface area contributed by atoms with Crippen LogP contribution in [-0.2, 0) is 24.2 Å². The number of aryl methyl sites for hydroxylation is 2. The van der Waals surface area contributed by atoms with Gasteiger partial charge in [0.2, 0.25) is 17.1 Å². The van der Waals surface area contributed by atoms with Crippen molar-refractivity contribution in [3.05, 3.63) is 79.1 Å². The van der Waals surface area contributed by atoms with Gasteiger partial charge in [0.05, 0.1) is 28.7 Å². The summed E-state index contributed by atoms with van der Waals surface area (Å²) in [7, 11) is 0. The molecule has 1 aliphatic carbocycles. The van der Waals surface area contributed by atoms with E-state index in [0.717, 1.165) is 31.2 Å². The number of aromatic nitrogens is 2. The normalized spacial score (nSPS) is 13.1. The molecule has 1 aliphatic rings. The predicted octanol–water partition coefficient (Wildman–Crippen LogP) is 4.66. The van der Waals surface area contributed by atoms with E-state index >= 15 is 0 Å². The molecule has 32 heavy (non-hydrogen) atoms. The van der Waals surface area contributed by atoms with E-state index in [1.54, 1.807) is 10.7 Å². The second-order valence-electron chi connectivity index (χ2n) is 7.77. The zero-order chi connectivity index (χ0) is 22.1. The summed E-state index contributed by atoms with van der Waals surface area (Å²) in [5.41, 5.74) is 2.32. The van der Waals surface area contributed by atoms with E-state index in [1.165, 1.54) is 33.7 Å². The highest BCUT2D eigenvalue weighted by Crippen LogP contribution is 2.39. The van der Waals surface area contributed by atoms with Gasteiger partial charge in [-0.3, -0.25) is 19.1 Å². The molecule has 5 rings (SSSR count). The van der Waals surface area contributed by atoms with Crippen LogP contribution in [0.4, 0.5) is 5.00 Å². The van der Waals surface area contributed by atoms with Crippen LogP contribution in [-0.4, -0.2) is 21.5 Å². The van der Waals surface area contributed by atoms with Crippen molar-refractivity contribution in [1.29, 1.82) is 0 Å². The van der Waals surface area contributed by atoms with Crippen LogP contribution in [0, 0.1) is 0 Å². The molecule has 1 amide bonds. The first kappa shape index (κ1) is 20.8. The number of hydrogen-bond donors (Lipinski definition) is 1. The minimum atomic E-state index is -0.173. The van der Waals surface area contributed by atoms with Crippen molar-refractivity contribution in [2.45, 2.75) is 38.6 Å². The third-order valence-electron chi connectivity index (χ3n) is 5.71. The van der Waals surface area contributed by atoms with Crippen molar-refractivity contribution < 1.29 is 9.59 Å². The number of carbonyl (C=O) groups excluding carboxylic acids is 2. The number of benzene rings is 1. The van der Waals surface area contributed by atoms with Gasteiger partial charge >= 0.3 is 0 Å². The van der Waals surface area contributed by atoms with Crippen molar-refractivity contribution >= 4 is 50.3 Å². The van der Waals surface area contributed by atoms with E-state index in [4.69, 9.17) is 0 Å². The minimum absolute atomic E-state index is 0.0113. The monoisotopic (exact) mass is 463 g/mol. The summed E-state index contributed by atoms with van der Waals surface area (Å²) in [5, 5.41) is 10.3. The first-order chi connectivity index (χ1) is 15.6. The third kappa shape index (κ3) is 3.91. The van der Waals surface area contributed by atoms with Gasteiger partial charge in [-0.1, -0.05) is 18.2 Å². The smallest absolute Gasteiger partial charge is 0.226 e. The molecular weight excluding hydrogens is 442 g/mol.